The van der Waals surface area contributed by atoms with Gasteiger partial charge in [0.1, 0.15) is 11.3 Å². The van der Waals surface area contributed by atoms with Crippen molar-refractivity contribution in [1.29, 1.82) is 0 Å². The lowest BCUT2D eigenvalue weighted by Crippen LogP contribution is -2.42. The smallest absolute Gasteiger partial charge is 0.227 e. The fourth-order valence-electron chi connectivity index (χ4n) is 4.24. The molecule has 0 bridgehead atoms. The standard InChI is InChI=1S/C24H33NO4/c1-6-25(16-10-8-7-9-11-16)21(26)15-19-18-14-17(28-5)12-13-20(18)29-22(19)23(27)24(2,3)4/h12-14,16H,6-11,15H2,1-5H3. The van der Waals surface area contributed by atoms with Crippen molar-refractivity contribution in [2.24, 2.45) is 5.41 Å². The van der Waals surface area contributed by atoms with Crippen molar-refractivity contribution in [2.75, 3.05) is 13.7 Å². The van der Waals surface area contributed by atoms with Gasteiger partial charge in [-0.15, -0.1) is 0 Å². The number of carbonyl (C=O) groups is 2. The van der Waals surface area contributed by atoms with Gasteiger partial charge in [-0.05, 0) is 38.0 Å². The molecule has 2 aromatic rings. The van der Waals surface area contributed by atoms with Crippen LogP contribution in [0.1, 0.15) is 75.9 Å². The molecule has 1 amide bonds. The highest BCUT2D eigenvalue weighted by atomic mass is 16.5. The molecule has 0 N–H and O–H groups in total. The van der Waals surface area contributed by atoms with E-state index in [-0.39, 0.29) is 18.1 Å². The molecule has 0 atom stereocenters. The molecule has 1 heterocycles. The number of carbonyl (C=O) groups excluding carboxylic acids is 2. The lowest BCUT2D eigenvalue weighted by molar-refractivity contribution is -0.133. The number of hydrogen-bond donors (Lipinski definition) is 0. The van der Waals surface area contributed by atoms with Crippen LogP contribution in [0.2, 0.25) is 0 Å². The summed E-state index contributed by atoms with van der Waals surface area (Å²) in [6, 6.07) is 5.78. The van der Waals surface area contributed by atoms with Gasteiger partial charge in [0.05, 0.1) is 13.5 Å². The van der Waals surface area contributed by atoms with Crippen molar-refractivity contribution < 1.29 is 18.7 Å². The van der Waals surface area contributed by atoms with E-state index in [4.69, 9.17) is 9.15 Å². The first-order valence-electron chi connectivity index (χ1n) is 10.7. The molecule has 0 aliphatic heterocycles. The van der Waals surface area contributed by atoms with Crippen LogP contribution in [0.5, 0.6) is 5.75 Å². The Morgan fingerprint density at radius 2 is 1.86 bits per heavy atom. The van der Waals surface area contributed by atoms with Crippen LogP contribution >= 0.6 is 0 Å². The summed E-state index contributed by atoms with van der Waals surface area (Å²) in [5.41, 5.74) is 0.698. The van der Waals surface area contributed by atoms with Crippen molar-refractivity contribution in [3.8, 4) is 5.75 Å². The Hall–Kier alpha value is -2.30. The van der Waals surface area contributed by atoms with Crippen LogP contribution in [-0.4, -0.2) is 36.3 Å². The first kappa shape index (κ1) is 21.4. The SMILES string of the molecule is CCN(C(=O)Cc1c(C(=O)C(C)(C)C)oc2ccc(OC)cc12)C1CCCCC1. The van der Waals surface area contributed by atoms with Crippen molar-refractivity contribution >= 4 is 22.7 Å². The van der Waals surface area contributed by atoms with E-state index in [2.05, 4.69) is 0 Å². The lowest BCUT2D eigenvalue weighted by Gasteiger charge is -2.33. The average molecular weight is 400 g/mol. The van der Waals surface area contributed by atoms with Crippen molar-refractivity contribution in [1.82, 2.24) is 4.90 Å². The lowest BCUT2D eigenvalue weighted by atomic mass is 9.87. The number of rotatable bonds is 6. The minimum Gasteiger partial charge on any atom is -0.497 e. The van der Waals surface area contributed by atoms with Gasteiger partial charge in [-0.1, -0.05) is 40.0 Å². The minimum atomic E-state index is -0.594. The largest absolute Gasteiger partial charge is 0.497 e. The van der Waals surface area contributed by atoms with Crippen LogP contribution in [0.15, 0.2) is 22.6 Å². The maximum Gasteiger partial charge on any atom is 0.227 e. The molecule has 29 heavy (non-hydrogen) atoms. The number of ether oxygens (including phenoxy) is 1. The van der Waals surface area contributed by atoms with Crippen LogP contribution < -0.4 is 4.74 Å². The van der Waals surface area contributed by atoms with Gasteiger partial charge in [0.2, 0.25) is 11.7 Å². The Kier molecular flexibility index (Phi) is 6.35. The van der Waals surface area contributed by atoms with Crippen LogP contribution in [-0.2, 0) is 11.2 Å². The van der Waals surface area contributed by atoms with E-state index in [1.54, 1.807) is 13.2 Å². The number of Topliss-reactive ketones (excluding diaryl/α,β-unsaturated/α-hetero) is 1. The second-order valence-corrected chi connectivity index (χ2v) is 9.00. The number of likely N-dealkylation sites (N-methyl/N-ethyl adjacent to an activating group) is 1. The van der Waals surface area contributed by atoms with Crippen molar-refractivity contribution in [3.63, 3.8) is 0 Å². The molecule has 5 nitrogen and oxygen atoms in total. The van der Waals surface area contributed by atoms with E-state index in [1.165, 1.54) is 19.3 Å². The first-order chi connectivity index (χ1) is 13.8. The monoisotopic (exact) mass is 399 g/mol. The van der Waals surface area contributed by atoms with Crippen molar-refractivity contribution in [2.45, 2.75) is 72.3 Å². The van der Waals surface area contributed by atoms with E-state index < -0.39 is 5.41 Å². The molecule has 5 heteroatoms. The first-order valence-corrected chi connectivity index (χ1v) is 10.7. The van der Waals surface area contributed by atoms with Gasteiger partial charge < -0.3 is 14.1 Å². The van der Waals surface area contributed by atoms with E-state index in [1.807, 2.05) is 44.7 Å². The zero-order chi connectivity index (χ0) is 21.2. The average Bonchev–Trinajstić information content (AvgIpc) is 3.05. The molecule has 1 saturated carbocycles. The van der Waals surface area contributed by atoms with Gasteiger partial charge in [-0.25, -0.2) is 0 Å². The number of furan rings is 1. The Morgan fingerprint density at radius 1 is 1.17 bits per heavy atom. The van der Waals surface area contributed by atoms with Crippen LogP contribution in [0.3, 0.4) is 0 Å². The number of ketones is 1. The van der Waals surface area contributed by atoms with E-state index in [9.17, 15) is 9.59 Å². The quantitative estimate of drug-likeness (QED) is 0.611. The van der Waals surface area contributed by atoms with E-state index in [0.29, 0.717) is 35.2 Å². The van der Waals surface area contributed by atoms with Crippen molar-refractivity contribution in [3.05, 3.63) is 29.5 Å². The van der Waals surface area contributed by atoms with Gasteiger partial charge >= 0.3 is 0 Å². The Balaban J connectivity index is 2.01. The van der Waals surface area contributed by atoms with Crippen LogP contribution in [0, 0.1) is 5.41 Å². The molecule has 158 valence electrons. The zero-order valence-corrected chi connectivity index (χ0v) is 18.3. The Bertz CT molecular complexity index is 884. The highest BCUT2D eigenvalue weighted by molar-refractivity contribution is 6.04. The highest BCUT2D eigenvalue weighted by Gasteiger charge is 2.32. The second kappa shape index (κ2) is 8.60. The summed E-state index contributed by atoms with van der Waals surface area (Å²) in [7, 11) is 1.61. The third-order valence-electron chi connectivity index (χ3n) is 5.89. The fourth-order valence-corrected chi connectivity index (χ4v) is 4.24. The summed E-state index contributed by atoms with van der Waals surface area (Å²) < 4.78 is 11.3. The third-order valence-corrected chi connectivity index (χ3v) is 5.89. The van der Waals surface area contributed by atoms with Crippen LogP contribution in [0.4, 0.5) is 0 Å². The number of methoxy groups -OCH3 is 1. The molecule has 1 aromatic carbocycles. The molecule has 1 fully saturated rings. The number of benzene rings is 1. The molecule has 3 rings (SSSR count). The third kappa shape index (κ3) is 4.49. The number of nitrogens with zero attached hydrogens (tertiary/aromatic N) is 1. The molecule has 0 spiro atoms. The second-order valence-electron chi connectivity index (χ2n) is 9.00. The maximum absolute atomic E-state index is 13.3. The minimum absolute atomic E-state index is 0.0629. The summed E-state index contributed by atoms with van der Waals surface area (Å²) in [6.07, 6.45) is 5.89. The Labute approximate surface area is 173 Å². The summed E-state index contributed by atoms with van der Waals surface area (Å²) in [5, 5.41) is 0.782. The van der Waals surface area contributed by atoms with Gasteiger partial charge in [-0.3, -0.25) is 9.59 Å². The molecule has 0 radical (unpaired) electrons. The molecular formula is C24H33NO4. The number of amides is 1. The summed E-state index contributed by atoms with van der Waals surface area (Å²) in [5.74, 6) is 0.958. The molecule has 0 saturated heterocycles. The summed E-state index contributed by atoms with van der Waals surface area (Å²) in [6.45, 7) is 8.33. The topological polar surface area (TPSA) is 59.8 Å². The number of hydrogen-bond acceptors (Lipinski definition) is 4. The van der Waals surface area contributed by atoms with Gasteiger partial charge in [-0.2, -0.15) is 0 Å². The molecule has 1 aliphatic carbocycles. The molecule has 1 aromatic heterocycles. The summed E-state index contributed by atoms with van der Waals surface area (Å²) >= 11 is 0. The fraction of sp³-hybridized carbons (Fsp3) is 0.583. The predicted molar refractivity (Wildman–Crippen MR) is 115 cm³/mol. The zero-order valence-electron chi connectivity index (χ0n) is 18.3. The molecule has 0 unspecified atom stereocenters. The van der Waals surface area contributed by atoms with Gasteiger partial charge in [0.25, 0.3) is 0 Å². The number of fused-ring (bicyclic) bond motifs is 1. The van der Waals surface area contributed by atoms with Gasteiger partial charge in [0, 0.05) is 29.0 Å². The predicted octanol–water partition coefficient (Wildman–Crippen LogP) is 5.39. The highest BCUT2D eigenvalue weighted by Crippen LogP contribution is 2.34. The normalized spacial score (nSPS) is 15.5. The maximum atomic E-state index is 13.3. The van der Waals surface area contributed by atoms with Gasteiger partial charge in [0.15, 0.2) is 5.76 Å². The summed E-state index contributed by atoms with van der Waals surface area (Å²) in [4.78, 5) is 28.4. The Morgan fingerprint density at radius 3 is 2.45 bits per heavy atom. The molecule has 1 aliphatic rings. The van der Waals surface area contributed by atoms with Crippen LogP contribution in [0.25, 0.3) is 11.0 Å². The van der Waals surface area contributed by atoms with E-state index >= 15 is 0 Å². The van der Waals surface area contributed by atoms with E-state index in [0.717, 1.165) is 18.2 Å². The molecular weight excluding hydrogens is 366 g/mol.